The summed E-state index contributed by atoms with van der Waals surface area (Å²) in [6.07, 6.45) is 12.5. The van der Waals surface area contributed by atoms with Crippen molar-refractivity contribution in [3.63, 3.8) is 0 Å². The van der Waals surface area contributed by atoms with Gasteiger partial charge in [0.2, 0.25) is 0 Å². The zero-order chi connectivity index (χ0) is 18.9. The third-order valence-corrected chi connectivity index (χ3v) is 4.92. The van der Waals surface area contributed by atoms with Gasteiger partial charge in [-0.2, -0.15) is 5.10 Å². The van der Waals surface area contributed by atoms with Crippen LogP contribution in [0.4, 0.5) is 5.82 Å². The lowest BCUT2D eigenvalue weighted by Gasteiger charge is -2.31. The van der Waals surface area contributed by atoms with Crippen LogP contribution in [0.2, 0.25) is 5.02 Å². The molecule has 1 aromatic carbocycles. The van der Waals surface area contributed by atoms with E-state index in [4.69, 9.17) is 17.3 Å². The highest BCUT2D eigenvalue weighted by Crippen LogP contribution is 2.41. The number of carbonyl (C=O) groups is 1. The molecule has 1 aliphatic rings. The van der Waals surface area contributed by atoms with Crippen LogP contribution in [0.25, 0.3) is 11.1 Å². The lowest BCUT2D eigenvalue weighted by molar-refractivity contribution is 0.0914. The largest absolute Gasteiger partial charge is 0.383 e. The topological polar surface area (TPSA) is 97.6 Å². The molecule has 0 bridgehead atoms. The fourth-order valence-corrected chi connectivity index (χ4v) is 3.47. The number of ketones is 1. The fourth-order valence-electron chi connectivity index (χ4n) is 3.34. The third-order valence-electron chi connectivity index (χ3n) is 4.67. The van der Waals surface area contributed by atoms with E-state index >= 15 is 0 Å². The molecule has 2 heterocycles. The SMILES string of the molecule is Nc1ncnc(C2(C(=O)c3cn[nH]c3)C=CC=CC2)c1-c1ccc(Cl)cc1. The number of Topliss-reactive ketones (excluding diaryl/α,β-unsaturated/α-hetero) is 1. The Bertz CT molecular complexity index is 1040. The Kier molecular flexibility index (Phi) is 4.33. The molecule has 7 heteroatoms. The fraction of sp³-hybridized carbons (Fsp3) is 0.100. The average Bonchev–Trinajstić information content (AvgIpc) is 3.23. The summed E-state index contributed by atoms with van der Waals surface area (Å²) in [5.74, 6) is 0.204. The number of aromatic nitrogens is 4. The van der Waals surface area contributed by atoms with E-state index < -0.39 is 5.41 Å². The summed E-state index contributed by atoms with van der Waals surface area (Å²) in [7, 11) is 0. The highest BCUT2D eigenvalue weighted by Gasteiger charge is 2.42. The van der Waals surface area contributed by atoms with Crippen LogP contribution in [0.5, 0.6) is 0 Å². The van der Waals surface area contributed by atoms with Crippen molar-refractivity contribution in [3.8, 4) is 11.1 Å². The maximum atomic E-state index is 13.5. The van der Waals surface area contributed by atoms with Crippen molar-refractivity contribution < 1.29 is 4.79 Å². The predicted octanol–water partition coefficient (Wildman–Crippen LogP) is 3.74. The third kappa shape index (κ3) is 2.94. The number of carbonyl (C=O) groups excluding carboxylic acids is 1. The maximum Gasteiger partial charge on any atom is 0.182 e. The minimum Gasteiger partial charge on any atom is -0.383 e. The molecule has 3 N–H and O–H groups in total. The Morgan fingerprint density at radius 2 is 2.00 bits per heavy atom. The van der Waals surface area contributed by atoms with Crippen LogP contribution in [0, 0.1) is 0 Å². The first-order valence-corrected chi connectivity index (χ1v) is 8.74. The van der Waals surface area contributed by atoms with Gasteiger partial charge in [-0.25, -0.2) is 9.97 Å². The number of aromatic amines is 1. The number of nitrogens with zero attached hydrogens (tertiary/aromatic N) is 3. The van der Waals surface area contributed by atoms with E-state index in [2.05, 4.69) is 20.2 Å². The normalized spacial score (nSPS) is 18.6. The van der Waals surface area contributed by atoms with Crippen molar-refractivity contribution in [2.75, 3.05) is 5.73 Å². The monoisotopic (exact) mass is 377 g/mol. The summed E-state index contributed by atoms with van der Waals surface area (Å²) in [5, 5.41) is 7.22. The number of nitrogens with two attached hydrogens (primary N) is 1. The van der Waals surface area contributed by atoms with Crippen molar-refractivity contribution >= 4 is 23.2 Å². The first-order chi connectivity index (χ1) is 13.1. The summed E-state index contributed by atoms with van der Waals surface area (Å²) < 4.78 is 0. The van der Waals surface area contributed by atoms with E-state index in [1.54, 1.807) is 18.3 Å². The molecule has 3 aromatic rings. The average molecular weight is 378 g/mol. The maximum absolute atomic E-state index is 13.5. The van der Waals surface area contributed by atoms with E-state index in [1.165, 1.54) is 12.5 Å². The second-order valence-corrected chi connectivity index (χ2v) is 6.70. The van der Waals surface area contributed by atoms with Gasteiger partial charge in [0.1, 0.15) is 12.1 Å². The summed E-state index contributed by atoms with van der Waals surface area (Å²) in [4.78, 5) is 22.1. The van der Waals surface area contributed by atoms with Crippen LogP contribution in [0.15, 0.2) is 67.3 Å². The van der Waals surface area contributed by atoms with Gasteiger partial charge in [-0.05, 0) is 24.1 Å². The minimum absolute atomic E-state index is 0.106. The number of rotatable bonds is 4. The molecule has 1 atom stereocenters. The molecule has 27 heavy (non-hydrogen) atoms. The standard InChI is InChI=1S/C20H16ClN5O/c21-15-6-4-13(5-7-15)16-17(23-12-24-19(16)22)20(8-2-1-3-9-20)18(27)14-10-25-26-11-14/h1-8,10-12H,9H2,(H,25,26)(H2,22,23,24). The number of H-pyrrole nitrogens is 1. The van der Waals surface area contributed by atoms with E-state index in [-0.39, 0.29) is 5.78 Å². The van der Waals surface area contributed by atoms with Crippen molar-refractivity contribution in [2.24, 2.45) is 0 Å². The molecule has 0 fully saturated rings. The molecule has 2 aromatic heterocycles. The van der Waals surface area contributed by atoms with Gasteiger partial charge in [0, 0.05) is 16.8 Å². The van der Waals surface area contributed by atoms with Gasteiger partial charge in [-0.3, -0.25) is 9.89 Å². The Hall–Kier alpha value is -3.25. The van der Waals surface area contributed by atoms with E-state index in [1.807, 2.05) is 36.4 Å². The van der Waals surface area contributed by atoms with Gasteiger partial charge in [0.05, 0.1) is 22.9 Å². The Balaban J connectivity index is 1.96. The smallest absolute Gasteiger partial charge is 0.182 e. The second-order valence-electron chi connectivity index (χ2n) is 6.27. The summed E-state index contributed by atoms with van der Waals surface area (Å²) >= 11 is 6.03. The highest BCUT2D eigenvalue weighted by molar-refractivity contribution is 6.30. The number of hydrogen-bond donors (Lipinski definition) is 2. The van der Waals surface area contributed by atoms with Gasteiger partial charge in [-0.15, -0.1) is 0 Å². The van der Waals surface area contributed by atoms with Gasteiger partial charge in [-0.1, -0.05) is 48.0 Å². The first kappa shape index (κ1) is 17.2. The molecule has 0 radical (unpaired) electrons. The lowest BCUT2D eigenvalue weighted by Crippen LogP contribution is -2.36. The summed E-state index contributed by atoms with van der Waals surface area (Å²) in [5.41, 5.74) is 7.70. The number of benzene rings is 1. The van der Waals surface area contributed by atoms with Crippen LogP contribution in [-0.2, 0) is 5.41 Å². The van der Waals surface area contributed by atoms with E-state index in [0.29, 0.717) is 34.1 Å². The molecular weight excluding hydrogens is 362 g/mol. The molecule has 134 valence electrons. The van der Waals surface area contributed by atoms with Crippen LogP contribution in [0.1, 0.15) is 22.5 Å². The van der Waals surface area contributed by atoms with E-state index in [0.717, 1.165) is 5.56 Å². The van der Waals surface area contributed by atoms with Crippen molar-refractivity contribution in [1.29, 1.82) is 0 Å². The quantitative estimate of drug-likeness (QED) is 0.675. The number of nitrogen functional groups attached to an aromatic ring is 1. The molecule has 0 aliphatic heterocycles. The van der Waals surface area contributed by atoms with E-state index in [9.17, 15) is 4.79 Å². The minimum atomic E-state index is -0.995. The van der Waals surface area contributed by atoms with Gasteiger partial charge < -0.3 is 5.73 Å². The molecule has 1 aliphatic carbocycles. The summed E-state index contributed by atoms with van der Waals surface area (Å²) in [6, 6.07) is 7.24. The molecule has 0 saturated carbocycles. The van der Waals surface area contributed by atoms with Gasteiger partial charge in [0.25, 0.3) is 0 Å². The highest BCUT2D eigenvalue weighted by atomic mass is 35.5. The molecule has 4 rings (SSSR count). The van der Waals surface area contributed by atoms with Crippen molar-refractivity contribution in [2.45, 2.75) is 11.8 Å². The number of halogens is 1. The number of anilines is 1. The first-order valence-electron chi connectivity index (χ1n) is 8.37. The molecule has 0 amide bonds. The number of nitrogens with one attached hydrogen (secondary N) is 1. The van der Waals surface area contributed by atoms with Crippen molar-refractivity contribution in [3.05, 3.63) is 83.6 Å². The van der Waals surface area contributed by atoms with Gasteiger partial charge >= 0.3 is 0 Å². The Morgan fingerprint density at radius 1 is 1.19 bits per heavy atom. The van der Waals surface area contributed by atoms with Crippen LogP contribution >= 0.6 is 11.6 Å². The van der Waals surface area contributed by atoms with Crippen LogP contribution in [0.3, 0.4) is 0 Å². The molecule has 0 saturated heterocycles. The van der Waals surface area contributed by atoms with Crippen LogP contribution < -0.4 is 5.73 Å². The predicted molar refractivity (Wildman–Crippen MR) is 104 cm³/mol. The molecule has 1 unspecified atom stereocenters. The van der Waals surface area contributed by atoms with Crippen LogP contribution in [-0.4, -0.2) is 25.9 Å². The molecule has 0 spiro atoms. The van der Waals surface area contributed by atoms with Crippen molar-refractivity contribution in [1.82, 2.24) is 20.2 Å². The zero-order valence-corrected chi connectivity index (χ0v) is 15.0. The molecular formula is C20H16ClN5O. The second kappa shape index (κ2) is 6.81. The number of allylic oxidation sites excluding steroid dienone is 4. The Labute approximate surface area is 160 Å². The Morgan fingerprint density at radius 3 is 2.67 bits per heavy atom. The molecule has 6 nitrogen and oxygen atoms in total. The summed E-state index contributed by atoms with van der Waals surface area (Å²) in [6.45, 7) is 0. The zero-order valence-electron chi connectivity index (χ0n) is 14.3. The van der Waals surface area contributed by atoms with Gasteiger partial charge in [0.15, 0.2) is 5.78 Å². The number of hydrogen-bond acceptors (Lipinski definition) is 5. The lowest BCUT2D eigenvalue weighted by atomic mass is 9.71.